The molecule has 2 bridgehead atoms. The molecule has 0 aliphatic heterocycles. The van der Waals surface area contributed by atoms with Crippen LogP contribution in [0.5, 0.6) is 0 Å². The predicted octanol–water partition coefficient (Wildman–Crippen LogP) is 5.00. The van der Waals surface area contributed by atoms with Crippen molar-refractivity contribution in [1.29, 1.82) is 0 Å². The number of benzene rings is 2. The normalized spacial score (nSPS) is 23.6. The fraction of sp³-hybridized carbons (Fsp3) is 0.250. The molecule has 2 aromatic carbocycles. The Kier molecular flexibility index (Phi) is 4.90. The van der Waals surface area contributed by atoms with Crippen molar-refractivity contribution in [2.24, 2.45) is 17.3 Å². The van der Waals surface area contributed by atoms with Gasteiger partial charge in [0.1, 0.15) is 5.01 Å². The maximum absolute atomic E-state index is 12.9. The van der Waals surface area contributed by atoms with Crippen molar-refractivity contribution in [2.75, 3.05) is 10.6 Å². The number of nitrogens with one attached hydrogen (secondary N) is 2. The lowest BCUT2D eigenvalue weighted by molar-refractivity contribution is -0.126. The van der Waals surface area contributed by atoms with Crippen LogP contribution < -0.4 is 10.6 Å². The smallest absolute Gasteiger partial charge is 0.257 e. The molecular weight excluding hydrogens is 408 g/mol. The van der Waals surface area contributed by atoms with Crippen LogP contribution in [0.4, 0.5) is 10.8 Å². The summed E-state index contributed by atoms with van der Waals surface area (Å²) in [7, 11) is 0. The van der Waals surface area contributed by atoms with Crippen LogP contribution in [-0.4, -0.2) is 22.0 Å². The van der Waals surface area contributed by atoms with Crippen molar-refractivity contribution in [2.45, 2.75) is 19.8 Å². The molecule has 3 aromatic rings. The van der Waals surface area contributed by atoms with Crippen molar-refractivity contribution >= 4 is 34.0 Å². The summed E-state index contributed by atoms with van der Waals surface area (Å²) >= 11 is 1.32. The summed E-state index contributed by atoms with van der Waals surface area (Å²) in [6, 6.07) is 16.6. The number of rotatable bonds is 5. The minimum atomic E-state index is -0.357. The third-order valence-electron chi connectivity index (χ3n) is 6.27. The van der Waals surface area contributed by atoms with Gasteiger partial charge in [-0.05, 0) is 48.9 Å². The van der Waals surface area contributed by atoms with Gasteiger partial charge in [-0.15, -0.1) is 10.2 Å². The number of hydrogen-bond donors (Lipinski definition) is 2. The summed E-state index contributed by atoms with van der Waals surface area (Å²) in [4.78, 5) is 25.4. The number of hydrogen-bond acceptors (Lipinski definition) is 5. The van der Waals surface area contributed by atoms with Crippen molar-refractivity contribution < 1.29 is 9.59 Å². The van der Waals surface area contributed by atoms with Crippen LogP contribution in [0.1, 0.15) is 30.1 Å². The zero-order valence-electron chi connectivity index (χ0n) is 17.0. The molecule has 2 N–H and O–H groups in total. The van der Waals surface area contributed by atoms with Gasteiger partial charge in [-0.2, -0.15) is 0 Å². The summed E-state index contributed by atoms with van der Waals surface area (Å²) in [5.74, 6) is 0.618. The molecule has 156 valence electrons. The lowest BCUT2D eigenvalue weighted by Crippen LogP contribution is -2.36. The monoisotopic (exact) mass is 430 g/mol. The summed E-state index contributed by atoms with van der Waals surface area (Å²) in [5, 5.41) is 15.2. The number of carbonyl (C=O) groups excluding carboxylic acids is 2. The first-order valence-electron chi connectivity index (χ1n) is 10.3. The average Bonchev–Trinajstić information content (AvgIpc) is 3.51. The van der Waals surface area contributed by atoms with E-state index in [-0.39, 0.29) is 17.2 Å². The van der Waals surface area contributed by atoms with Crippen LogP contribution in [0.25, 0.3) is 10.6 Å². The van der Waals surface area contributed by atoms with Crippen molar-refractivity contribution in [3.63, 3.8) is 0 Å². The Morgan fingerprint density at radius 1 is 1.00 bits per heavy atom. The number of carbonyl (C=O) groups is 2. The molecule has 2 aliphatic rings. The van der Waals surface area contributed by atoms with Crippen molar-refractivity contribution in [1.82, 2.24) is 10.2 Å². The van der Waals surface area contributed by atoms with Crippen LogP contribution in [-0.2, 0) is 4.79 Å². The standard InChI is InChI=1S/C24H22N4O2S/c1-24(14-15-7-10-18(24)13-15)22(30)25-19-11-8-16(9-12-19)20(29)26-23-28-27-21(31-23)17-5-3-2-4-6-17/h2-12,15,18H,13-14H2,1H3,(H,25,30)(H,26,28,29)/t15-,18-,24+/m0/s1. The van der Waals surface area contributed by atoms with E-state index in [1.165, 1.54) is 11.3 Å². The van der Waals surface area contributed by atoms with Crippen molar-refractivity contribution in [3.8, 4) is 10.6 Å². The van der Waals surface area contributed by atoms with E-state index >= 15 is 0 Å². The van der Waals surface area contributed by atoms with Crippen LogP contribution >= 0.6 is 11.3 Å². The number of allylic oxidation sites excluding steroid dienone is 2. The van der Waals surface area contributed by atoms with E-state index < -0.39 is 0 Å². The number of fused-ring (bicyclic) bond motifs is 2. The molecule has 0 saturated heterocycles. The van der Waals surface area contributed by atoms with Gasteiger partial charge in [0.15, 0.2) is 0 Å². The summed E-state index contributed by atoms with van der Waals surface area (Å²) < 4.78 is 0. The van der Waals surface area contributed by atoms with Gasteiger partial charge in [-0.3, -0.25) is 14.9 Å². The second-order valence-corrected chi connectivity index (χ2v) is 9.35. The zero-order valence-corrected chi connectivity index (χ0v) is 17.9. The van der Waals surface area contributed by atoms with E-state index in [4.69, 9.17) is 0 Å². The molecular formula is C24H22N4O2S. The van der Waals surface area contributed by atoms with E-state index in [0.717, 1.165) is 23.4 Å². The minimum Gasteiger partial charge on any atom is -0.326 e. The fourth-order valence-electron chi connectivity index (χ4n) is 4.47. The molecule has 1 fully saturated rings. The minimum absolute atomic E-state index is 0.0452. The fourth-order valence-corrected chi connectivity index (χ4v) is 5.22. The third-order valence-corrected chi connectivity index (χ3v) is 7.15. The molecule has 1 aromatic heterocycles. The Hall–Kier alpha value is -3.32. The number of amides is 2. The Balaban J connectivity index is 1.22. The molecule has 0 radical (unpaired) electrons. The highest BCUT2D eigenvalue weighted by Crippen LogP contribution is 2.52. The van der Waals surface area contributed by atoms with Crippen LogP contribution in [0, 0.1) is 17.3 Å². The Morgan fingerprint density at radius 3 is 2.45 bits per heavy atom. The quantitative estimate of drug-likeness (QED) is 0.558. The van der Waals surface area contributed by atoms with Gasteiger partial charge in [0.2, 0.25) is 11.0 Å². The molecule has 5 rings (SSSR count). The highest BCUT2D eigenvalue weighted by atomic mass is 32.1. The first-order chi connectivity index (χ1) is 15.0. The number of anilines is 2. The Morgan fingerprint density at radius 2 is 1.77 bits per heavy atom. The summed E-state index contributed by atoms with van der Waals surface area (Å²) in [6.45, 7) is 2.05. The van der Waals surface area contributed by atoms with E-state index in [1.807, 2.05) is 37.3 Å². The molecule has 0 spiro atoms. The molecule has 7 heteroatoms. The molecule has 1 saturated carbocycles. The molecule has 1 heterocycles. The van der Waals surface area contributed by atoms with E-state index in [9.17, 15) is 9.59 Å². The van der Waals surface area contributed by atoms with Crippen LogP contribution in [0.2, 0.25) is 0 Å². The molecule has 6 nitrogen and oxygen atoms in total. The molecule has 2 amide bonds. The second kappa shape index (κ2) is 7.74. The van der Waals surface area contributed by atoms with E-state index in [2.05, 4.69) is 33.0 Å². The van der Waals surface area contributed by atoms with Gasteiger partial charge in [-0.1, -0.05) is 60.7 Å². The van der Waals surface area contributed by atoms with Gasteiger partial charge in [-0.25, -0.2) is 0 Å². The highest BCUT2D eigenvalue weighted by Gasteiger charge is 2.49. The van der Waals surface area contributed by atoms with Gasteiger partial charge >= 0.3 is 0 Å². The number of aromatic nitrogens is 2. The zero-order chi connectivity index (χ0) is 21.4. The van der Waals surface area contributed by atoms with Gasteiger partial charge in [0.05, 0.1) is 5.41 Å². The van der Waals surface area contributed by atoms with E-state index in [1.54, 1.807) is 24.3 Å². The molecule has 2 aliphatic carbocycles. The second-order valence-electron chi connectivity index (χ2n) is 8.37. The van der Waals surface area contributed by atoms with Crippen molar-refractivity contribution in [3.05, 3.63) is 72.3 Å². The topological polar surface area (TPSA) is 84.0 Å². The first-order valence-corrected chi connectivity index (χ1v) is 11.1. The SMILES string of the molecule is C[C@@]1(C(=O)Nc2ccc(C(=O)Nc3nnc(-c4ccccc4)s3)cc2)C[C@H]2C=C[C@H]1C2. The van der Waals surface area contributed by atoms with E-state index in [0.29, 0.717) is 28.2 Å². The predicted molar refractivity (Wildman–Crippen MR) is 122 cm³/mol. The highest BCUT2D eigenvalue weighted by molar-refractivity contribution is 7.18. The first kappa shape index (κ1) is 19.6. The lowest BCUT2D eigenvalue weighted by Gasteiger charge is -2.29. The molecule has 0 unspecified atom stereocenters. The average molecular weight is 431 g/mol. The Bertz CT molecular complexity index is 1160. The van der Waals surface area contributed by atoms with Crippen LogP contribution in [0.15, 0.2) is 66.7 Å². The number of nitrogens with zero attached hydrogens (tertiary/aromatic N) is 2. The van der Waals surface area contributed by atoms with Gasteiger partial charge < -0.3 is 5.32 Å². The largest absolute Gasteiger partial charge is 0.326 e. The summed E-state index contributed by atoms with van der Waals surface area (Å²) in [6.07, 6.45) is 6.37. The van der Waals surface area contributed by atoms with Crippen LogP contribution in [0.3, 0.4) is 0 Å². The molecule has 3 atom stereocenters. The van der Waals surface area contributed by atoms with Gasteiger partial charge in [0, 0.05) is 16.8 Å². The van der Waals surface area contributed by atoms with Gasteiger partial charge in [0.25, 0.3) is 5.91 Å². The Labute approximate surface area is 184 Å². The summed E-state index contributed by atoms with van der Waals surface area (Å²) in [5.41, 5.74) is 1.78. The maximum Gasteiger partial charge on any atom is 0.257 e. The molecule has 31 heavy (non-hydrogen) atoms. The lowest BCUT2D eigenvalue weighted by atomic mass is 9.77. The maximum atomic E-state index is 12.9. The third kappa shape index (κ3) is 3.77.